The van der Waals surface area contributed by atoms with Crippen LogP contribution in [0.3, 0.4) is 0 Å². The van der Waals surface area contributed by atoms with Crippen LogP contribution in [0.1, 0.15) is 19.8 Å². The van der Waals surface area contributed by atoms with E-state index in [1.165, 1.54) is 6.92 Å². The molecule has 7 unspecified atom stereocenters. The van der Waals surface area contributed by atoms with E-state index in [0.29, 0.717) is 6.42 Å². The molecule has 29 heavy (non-hydrogen) atoms. The van der Waals surface area contributed by atoms with Crippen LogP contribution >= 0.6 is 0 Å². The van der Waals surface area contributed by atoms with Gasteiger partial charge in [-0.3, -0.25) is 9.59 Å². The second-order valence-electron chi connectivity index (χ2n) is 7.71. The zero-order chi connectivity index (χ0) is 20.9. The molecule has 10 nitrogen and oxygen atoms in total. The third-order valence-electron chi connectivity index (χ3n) is 5.90. The number of fused-ring (bicyclic) bond motifs is 1. The smallest absolute Gasteiger partial charge is 0.347 e. The maximum atomic E-state index is 12.7. The molecule has 0 aromatic rings. The Morgan fingerprint density at radius 3 is 2.55 bits per heavy atom. The molecule has 0 spiro atoms. The molecule has 2 bridgehead atoms. The Bertz CT molecular complexity index is 801. The summed E-state index contributed by atoms with van der Waals surface area (Å²) in [5.41, 5.74) is 0.138. The highest BCUT2D eigenvalue weighted by atomic mass is 16.6. The Morgan fingerprint density at radius 1 is 1.14 bits per heavy atom. The first kappa shape index (κ1) is 19.4. The van der Waals surface area contributed by atoms with Crippen molar-refractivity contribution in [2.45, 2.75) is 38.1 Å². The third kappa shape index (κ3) is 3.26. The number of carbonyl (C=O) groups is 5. The summed E-state index contributed by atoms with van der Waals surface area (Å²) in [6.45, 7) is 4.41. The molecular formula is C19H20O10. The molecule has 4 fully saturated rings. The Hall–Kier alpha value is -2.91. The summed E-state index contributed by atoms with van der Waals surface area (Å²) in [5, 5.41) is 0. The van der Waals surface area contributed by atoms with Gasteiger partial charge in [-0.1, -0.05) is 6.58 Å². The summed E-state index contributed by atoms with van der Waals surface area (Å²) in [6.07, 6.45) is -1.75. The maximum absolute atomic E-state index is 12.7. The van der Waals surface area contributed by atoms with Crippen molar-refractivity contribution < 1.29 is 47.7 Å². The SMILES string of the molecule is C=C(C)C(=O)OCC(=O)OC1C2CC3C1OC(=O)C3C2C(=O)OC1CCOC1=O. The Balaban J connectivity index is 1.43. The molecular weight excluding hydrogens is 388 g/mol. The summed E-state index contributed by atoms with van der Waals surface area (Å²) >= 11 is 0. The van der Waals surface area contributed by atoms with Crippen molar-refractivity contribution in [2.24, 2.45) is 23.7 Å². The molecule has 2 saturated heterocycles. The number of hydrogen-bond acceptors (Lipinski definition) is 10. The van der Waals surface area contributed by atoms with Crippen LogP contribution in [0.5, 0.6) is 0 Å². The van der Waals surface area contributed by atoms with Crippen molar-refractivity contribution in [2.75, 3.05) is 13.2 Å². The van der Waals surface area contributed by atoms with Crippen LogP contribution in [0.4, 0.5) is 0 Å². The molecule has 0 N–H and O–H groups in total. The lowest BCUT2D eigenvalue weighted by atomic mass is 9.78. The van der Waals surface area contributed by atoms with Gasteiger partial charge >= 0.3 is 29.8 Å². The number of hydrogen-bond donors (Lipinski definition) is 0. The minimum atomic E-state index is -0.989. The molecule has 2 saturated carbocycles. The van der Waals surface area contributed by atoms with Gasteiger partial charge in [-0.15, -0.1) is 0 Å². The first-order chi connectivity index (χ1) is 13.8. The summed E-state index contributed by atoms with van der Waals surface area (Å²) in [5.74, 6) is -5.68. The number of cyclic esters (lactones) is 1. The molecule has 10 heteroatoms. The second-order valence-corrected chi connectivity index (χ2v) is 7.71. The summed E-state index contributed by atoms with van der Waals surface area (Å²) in [6, 6.07) is 0. The lowest BCUT2D eigenvalue weighted by molar-refractivity contribution is -0.174. The van der Waals surface area contributed by atoms with Crippen molar-refractivity contribution in [3.05, 3.63) is 12.2 Å². The molecule has 0 aromatic carbocycles. The van der Waals surface area contributed by atoms with Crippen LogP contribution in [0, 0.1) is 23.7 Å². The average molecular weight is 408 g/mol. The predicted molar refractivity (Wildman–Crippen MR) is 89.6 cm³/mol. The molecule has 7 atom stereocenters. The van der Waals surface area contributed by atoms with Crippen molar-refractivity contribution in [1.82, 2.24) is 0 Å². The quantitative estimate of drug-likeness (QED) is 0.327. The summed E-state index contributed by atoms with van der Waals surface area (Å²) in [7, 11) is 0. The Kier molecular flexibility index (Phi) is 4.79. The minimum absolute atomic E-state index is 0.138. The Labute approximate surface area is 165 Å². The van der Waals surface area contributed by atoms with Gasteiger partial charge in [0, 0.05) is 23.8 Å². The average Bonchev–Trinajstić information content (AvgIpc) is 3.38. The van der Waals surface area contributed by atoms with E-state index in [0.717, 1.165) is 0 Å². The lowest BCUT2D eigenvalue weighted by Crippen LogP contribution is -2.45. The van der Waals surface area contributed by atoms with Gasteiger partial charge in [-0.05, 0) is 13.3 Å². The molecule has 2 aliphatic heterocycles. The molecule has 2 aliphatic carbocycles. The second kappa shape index (κ2) is 7.16. The number of ether oxygens (including phenoxy) is 5. The molecule has 2 heterocycles. The van der Waals surface area contributed by atoms with Crippen LogP contribution in [-0.2, 0) is 47.7 Å². The van der Waals surface area contributed by atoms with Gasteiger partial charge in [0.1, 0.15) is 12.2 Å². The Morgan fingerprint density at radius 2 is 1.90 bits per heavy atom. The fourth-order valence-corrected chi connectivity index (χ4v) is 4.71. The first-order valence-electron chi connectivity index (χ1n) is 9.37. The van der Waals surface area contributed by atoms with Crippen molar-refractivity contribution in [3.63, 3.8) is 0 Å². The monoisotopic (exact) mass is 408 g/mol. The van der Waals surface area contributed by atoms with Gasteiger partial charge in [-0.25, -0.2) is 14.4 Å². The third-order valence-corrected chi connectivity index (χ3v) is 5.90. The van der Waals surface area contributed by atoms with E-state index in [9.17, 15) is 24.0 Å². The minimum Gasteiger partial charge on any atom is -0.463 e. The molecule has 4 rings (SSSR count). The van der Waals surface area contributed by atoms with E-state index in [2.05, 4.69) is 6.58 Å². The fourth-order valence-electron chi connectivity index (χ4n) is 4.71. The van der Waals surface area contributed by atoms with Crippen LogP contribution in [0.15, 0.2) is 12.2 Å². The van der Waals surface area contributed by atoms with Gasteiger partial charge in [0.15, 0.2) is 6.61 Å². The summed E-state index contributed by atoms with van der Waals surface area (Å²) in [4.78, 5) is 60.1. The van der Waals surface area contributed by atoms with Gasteiger partial charge < -0.3 is 23.7 Å². The standard InChI is InChI=1S/C19H20O10/c1-7(2)16(21)26-6-11(20)28-14-8-5-9-13(19(24)29-15(9)14)12(8)18(23)27-10-3-4-25-17(10)22/h8-10,12-15H,1,3-6H2,2H3. The first-order valence-corrected chi connectivity index (χ1v) is 9.37. The molecule has 0 aromatic heterocycles. The molecule has 156 valence electrons. The normalized spacial score (nSPS) is 36.4. The van der Waals surface area contributed by atoms with E-state index in [-0.39, 0.29) is 24.5 Å². The van der Waals surface area contributed by atoms with E-state index in [1.807, 2.05) is 0 Å². The topological polar surface area (TPSA) is 132 Å². The highest BCUT2D eigenvalue weighted by Gasteiger charge is 2.70. The van der Waals surface area contributed by atoms with E-state index in [1.54, 1.807) is 0 Å². The van der Waals surface area contributed by atoms with Crippen LogP contribution in [0.25, 0.3) is 0 Å². The van der Waals surface area contributed by atoms with Gasteiger partial charge in [0.05, 0.1) is 18.4 Å². The maximum Gasteiger partial charge on any atom is 0.347 e. The van der Waals surface area contributed by atoms with Gasteiger partial charge in [-0.2, -0.15) is 0 Å². The lowest BCUT2D eigenvalue weighted by Gasteiger charge is -2.30. The fraction of sp³-hybridized carbons (Fsp3) is 0.632. The molecule has 0 amide bonds. The van der Waals surface area contributed by atoms with Crippen molar-refractivity contribution >= 4 is 29.8 Å². The summed E-state index contributed by atoms with van der Waals surface area (Å²) < 4.78 is 25.6. The van der Waals surface area contributed by atoms with Gasteiger partial charge in [0.25, 0.3) is 0 Å². The number of rotatable bonds is 6. The highest BCUT2D eigenvalue weighted by molar-refractivity contribution is 5.89. The zero-order valence-electron chi connectivity index (χ0n) is 15.7. The van der Waals surface area contributed by atoms with E-state index < -0.39 is 72.5 Å². The van der Waals surface area contributed by atoms with Crippen LogP contribution < -0.4 is 0 Å². The van der Waals surface area contributed by atoms with Crippen LogP contribution in [-0.4, -0.2) is 61.4 Å². The van der Waals surface area contributed by atoms with E-state index in [4.69, 9.17) is 23.7 Å². The zero-order valence-corrected chi connectivity index (χ0v) is 15.7. The molecule has 4 aliphatic rings. The van der Waals surface area contributed by atoms with Gasteiger partial charge in [0.2, 0.25) is 6.10 Å². The molecule has 0 radical (unpaired) electrons. The van der Waals surface area contributed by atoms with E-state index >= 15 is 0 Å². The van der Waals surface area contributed by atoms with Crippen molar-refractivity contribution in [3.8, 4) is 0 Å². The largest absolute Gasteiger partial charge is 0.463 e. The van der Waals surface area contributed by atoms with Crippen molar-refractivity contribution in [1.29, 1.82) is 0 Å². The predicted octanol–water partition coefficient (Wildman–Crippen LogP) is -0.316. The highest BCUT2D eigenvalue weighted by Crippen LogP contribution is 2.59. The number of esters is 5. The number of carbonyl (C=O) groups excluding carboxylic acids is 5. The van der Waals surface area contributed by atoms with Crippen LogP contribution in [0.2, 0.25) is 0 Å².